The number of hydrogen-bond donors (Lipinski definition) is 1. The second-order valence-electron chi connectivity index (χ2n) is 8.10. The molecule has 2 aromatic carbocycles. The number of fused-ring (bicyclic) bond motifs is 5. The molecule has 0 saturated carbocycles. The first-order chi connectivity index (χ1) is 16.3. The minimum atomic E-state index is -4.80. The van der Waals surface area contributed by atoms with Crippen molar-refractivity contribution in [2.75, 3.05) is 6.61 Å². The molecule has 4 nitrogen and oxygen atoms in total. The first-order valence-corrected chi connectivity index (χ1v) is 11.1. The fourth-order valence-corrected chi connectivity index (χ4v) is 4.47. The van der Waals surface area contributed by atoms with Gasteiger partial charge in [-0.25, -0.2) is 4.79 Å². The van der Waals surface area contributed by atoms with E-state index in [1.807, 2.05) is 0 Å². The molecule has 0 atom stereocenters. The van der Waals surface area contributed by atoms with Gasteiger partial charge in [0.2, 0.25) is 5.56 Å². The molecule has 3 aromatic rings. The summed E-state index contributed by atoms with van der Waals surface area (Å²) in [4.78, 5) is 23.5. The van der Waals surface area contributed by atoms with Gasteiger partial charge in [-0.2, -0.15) is 13.2 Å². The number of pyridine rings is 1. The number of H-pyrrole nitrogens is 1. The maximum atomic E-state index is 12.5. The largest absolute Gasteiger partial charge is 0.462 e. The average molecular weight is 467 g/mol. The average Bonchev–Trinajstić information content (AvgIpc) is 2.83. The lowest BCUT2D eigenvalue weighted by molar-refractivity contribution is -0.141. The van der Waals surface area contributed by atoms with E-state index in [0.29, 0.717) is 0 Å². The van der Waals surface area contributed by atoms with Crippen molar-refractivity contribution in [3.05, 3.63) is 105 Å². The summed E-state index contributed by atoms with van der Waals surface area (Å²) in [6, 6.07) is 15.2. The Bertz CT molecular complexity index is 1310. The molecular formula is C27H24F3NO3. The van der Waals surface area contributed by atoms with Gasteiger partial charge >= 0.3 is 12.1 Å². The number of carbonyl (C=O) groups excluding carboxylic acids is 1. The molecule has 0 aliphatic heterocycles. The van der Waals surface area contributed by atoms with Crippen LogP contribution in [0.1, 0.15) is 45.2 Å². The Hall–Kier alpha value is -3.61. The van der Waals surface area contributed by atoms with Crippen molar-refractivity contribution in [2.45, 2.75) is 38.8 Å². The molecule has 0 amide bonds. The number of esters is 1. The van der Waals surface area contributed by atoms with Crippen LogP contribution in [0.15, 0.2) is 65.5 Å². The molecule has 0 radical (unpaired) electrons. The summed E-state index contributed by atoms with van der Waals surface area (Å²) in [5, 5.41) is 0. The van der Waals surface area contributed by atoms with Gasteiger partial charge in [-0.15, -0.1) is 0 Å². The van der Waals surface area contributed by atoms with Gasteiger partial charge in [-0.1, -0.05) is 48.6 Å². The molecule has 1 aromatic heterocycles. The van der Waals surface area contributed by atoms with Crippen molar-refractivity contribution in [3.63, 3.8) is 0 Å². The number of halogens is 3. The molecule has 2 aliphatic carbocycles. The van der Waals surface area contributed by atoms with Crippen molar-refractivity contribution in [2.24, 2.45) is 0 Å². The topological polar surface area (TPSA) is 59.2 Å². The van der Waals surface area contributed by atoms with Crippen LogP contribution in [0.5, 0.6) is 0 Å². The fraction of sp³-hybridized carbons (Fsp3) is 0.259. The summed E-state index contributed by atoms with van der Waals surface area (Å²) in [5.74, 6) is -1.12. The number of carbonyl (C=O) groups is 1. The zero-order chi connectivity index (χ0) is 24.3. The van der Waals surface area contributed by atoms with Crippen LogP contribution in [0.2, 0.25) is 0 Å². The maximum absolute atomic E-state index is 12.5. The maximum Gasteiger partial charge on any atom is 0.432 e. The molecule has 34 heavy (non-hydrogen) atoms. The van der Waals surface area contributed by atoms with E-state index in [1.165, 1.54) is 42.0 Å². The molecule has 1 N–H and O–H groups in total. The molecule has 7 heteroatoms. The second-order valence-corrected chi connectivity index (χ2v) is 8.10. The van der Waals surface area contributed by atoms with Crippen LogP contribution in [-0.4, -0.2) is 17.6 Å². The number of ether oxygens (including phenoxy) is 1. The summed E-state index contributed by atoms with van der Waals surface area (Å²) >= 11 is 0. The molecule has 0 fully saturated rings. The van der Waals surface area contributed by atoms with Crippen LogP contribution >= 0.6 is 0 Å². The molecule has 0 bridgehead atoms. The van der Waals surface area contributed by atoms with Gasteiger partial charge in [0.1, 0.15) is 5.69 Å². The van der Waals surface area contributed by atoms with Crippen LogP contribution in [-0.2, 0) is 36.6 Å². The minimum Gasteiger partial charge on any atom is -0.462 e. The van der Waals surface area contributed by atoms with Crippen LogP contribution in [0.4, 0.5) is 13.2 Å². The first kappa shape index (κ1) is 23.5. The van der Waals surface area contributed by atoms with Crippen LogP contribution < -0.4 is 5.56 Å². The summed E-state index contributed by atoms with van der Waals surface area (Å²) in [6.07, 6.45) is 4.47. The quantitative estimate of drug-likeness (QED) is 0.390. The van der Waals surface area contributed by atoms with Gasteiger partial charge in [0.25, 0.3) is 0 Å². The van der Waals surface area contributed by atoms with Gasteiger partial charge in [-0.05, 0) is 72.1 Å². The van der Waals surface area contributed by atoms with E-state index in [0.717, 1.165) is 25.0 Å². The number of aryl methyl sites for hydroxylation is 1. The zero-order valence-electron chi connectivity index (χ0n) is 18.7. The highest BCUT2D eigenvalue weighted by Crippen LogP contribution is 2.37. The number of hydrogen-bond acceptors (Lipinski definition) is 3. The van der Waals surface area contributed by atoms with Crippen LogP contribution in [0.3, 0.4) is 0 Å². The first-order valence-electron chi connectivity index (χ1n) is 11.1. The van der Waals surface area contributed by atoms with E-state index in [2.05, 4.69) is 53.3 Å². The number of rotatable bonds is 2. The van der Waals surface area contributed by atoms with Crippen molar-refractivity contribution in [1.29, 1.82) is 0 Å². The Morgan fingerprint density at radius 1 is 0.912 bits per heavy atom. The van der Waals surface area contributed by atoms with Crippen LogP contribution in [0, 0.1) is 0 Å². The predicted octanol–water partition coefficient (Wildman–Crippen LogP) is 5.68. The Balaban J connectivity index is 0.000000163. The van der Waals surface area contributed by atoms with Crippen molar-refractivity contribution < 1.29 is 22.7 Å². The highest BCUT2D eigenvalue weighted by Gasteiger charge is 2.37. The predicted molar refractivity (Wildman–Crippen MR) is 124 cm³/mol. The molecule has 0 spiro atoms. The summed E-state index contributed by atoms with van der Waals surface area (Å²) < 4.78 is 41.8. The molecular weight excluding hydrogens is 443 g/mol. The van der Waals surface area contributed by atoms with Crippen molar-refractivity contribution in [3.8, 4) is 11.1 Å². The van der Waals surface area contributed by atoms with Gasteiger partial charge in [0, 0.05) is 6.07 Å². The molecule has 0 unspecified atom stereocenters. The standard InChI is InChI=1S/C18H16.C9H8F3NO3/c1-3-7-15-13(5-1)9-11-18-16-8-4-2-6-14(16)10-12-17(15)18;1-2-16-8(15)5-3-4-6(14)13-7(5)9(10,11)12/h1-5,7,10,12H,6,8-9,11H2;3-4H,2H2,1H3,(H,13,14). The van der Waals surface area contributed by atoms with Gasteiger partial charge in [0.15, 0.2) is 0 Å². The number of allylic oxidation sites excluding steroid dienone is 2. The van der Waals surface area contributed by atoms with Gasteiger partial charge in [0.05, 0.1) is 12.2 Å². The molecule has 176 valence electrons. The van der Waals surface area contributed by atoms with Crippen molar-refractivity contribution >= 4 is 5.97 Å². The summed E-state index contributed by atoms with van der Waals surface area (Å²) in [7, 11) is 0. The van der Waals surface area contributed by atoms with E-state index in [9.17, 15) is 22.8 Å². The third kappa shape index (κ3) is 4.83. The van der Waals surface area contributed by atoms with E-state index >= 15 is 0 Å². The number of nitrogens with one attached hydrogen (secondary N) is 1. The number of aromatic amines is 1. The molecule has 5 rings (SSSR count). The Morgan fingerprint density at radius 3 is 2.44 bits per heavy atom. The number of aromatic nitrogens is 1. The third-order valence-electron chi connectivity index (χ3n) is 6.00. The molecule has 2 aliphatic rings. The number of alkyl halides is 3. The van der Waals surface area contributed by atoms with E-state index in [-0.39, 0.29) is 6.61 Å². The highest BCUT2D eigenvalue weighted by molar-refractivity contribution is 5.90. The lowest BCUT2D eigenvalue weighted by Gasteiger charge is -2.25. The second kappa shape index (κ2) is 9.71. The Morgan fingerprint density at radius 2 is 1.68 bits per heavy atom. The molecule has 0 saturated heterocycles. The lowest BCUT2D eigenvalue weighted by atomic mass is 9.79. The monoisotopic (exact) mass is 467 g/mol. The lowest BCUT2D eigenvalue weighted by Crippen LogP contribution is -2.21. The third-order valence-corrected chi connectivity index (χ3v) is 6.00. The highest BCUT2D eigenvalue weighted by atomic mass is 19.4. The van der Waals surface area contributed by atoms with E-state index in [4.69, 9.17) is 0 Å². The van der Waals surface area contributed by atoms with Gasteiger partial charge < -0.3 is 9.72 Å². The Kier molecular flexibility index (Phi) is 6.72. The smallest absolute Gasteiger partial charge is 0.432 e. The number of benzene rings is 2. The minimum absolute atomic E-state index is 0.0464. The molecule has 1 heterocycles. The fourth-order valence-electron chi connectivity index (χ4n) is 4.47. The zero-order valence-corrected chi connectivity index (χ0v) is 18.7. The summed E-state index contributed by atoms with van der Waals surface area (Å²) in [6.45, 7) is 1.42. The summed E-state index contributed by atoms with van der Waals surface area (Å²) in [5.41, 5.74) is 6.17. The van der Waals surface area contributed by atoms with E-state index < -0.39 is 29.0 Å². The van der Waals surface area contributed by atoms with Crippen LogP contribution in [0.25, 0.3) is 11.1 Å². The Labute approximate surface area is 195 Å². The van der Waals surface area contributed by atoms with E-state index in [1.54, 1.807) is 16.1 Å². The SMILES string of the molecule is C1=CCc2c(ccc3c2CCc2ccccc2-3)C1.CCOC(=O)c1ccc(=O)[nH]c1C(F)(F)F. The van der Waals surface area contributed by atoms with Crippen molar-refractivity contribution in [1.82, 2.24) is 4.98 Å². The van der Waals surface area contributed by atoms with Gasteiger partial charge in [-0.3, -0.25) is 4.79 Å². The normalized spacial score (nSPS) is 13.6.